The molecule has 0 spiro atoms. The van der Waals surface area contributed by atoms with Gasteiger partial charge in [0.2, 0.25) is 0 Å². The Kier molecular flexibility index (Phi) is 6.86. The van der Waals surface area contributed by atoms with E-state index < -0.39 is 17.8 Å². The lowest BCUT2D eigenvalue weighted by Crippen LogP contribution is -2.24. The molecule has 0 aliphatic heterocycles. The van der Waals surface area contributed by atoms with Gasteiger partial charge in [-0.2, -0.15) is 18.3 Å². The van der Waals surface area contributed by atoms with Crippen LogP contribution in [0, 0.1) is 5.92 Å². The summed E-state index contributed by atoms with van der Waals surface area (Å²) in [4.78, 5) is 16.3. The molecule has 1 atom stereocenters. The van der Waals surface area contributed by atoms with E-state index in [1.165, 1.54) is 12.8 Å². The van der Waals surface area contributed by atoms with Gasteiger partial charge in [-0.25, -0.2) is 4.68 Å². The van der Waals surface area contributed by atoms with Crippen molar-refractivity contribution in [3.63, 3.8) is 0 Å². The lowest BCUT2D eigenvalue weighted by atomic mass is 10.0. The van der Waals surface area contributed by atoms with Gasteiger partial charge < -0.3 is 21.4 Å². The molecule has 5 rings (SSSR count). The number of carbonyl (C=O) groups excluding carboxylic acids is 1. The summed E-state index contributed by atoms with van der Waals surface area (Å²) < 4.78 is 41.5. The number of alkyl halides is 3. The first-order valence-corrected chi connectivity index (χ1v) is 12.1. The van der Waals surface area contributed by atoms with E-state index in [2.05, 4.69) is 20.7 Å². The zero-order valence-electron chi connectivity index (χ0n) is 19.9. The Morgan fingerprint density at radius 2 is 1.92 bits per heavy atom. The number of hydrogen-bond donors (Lipinski definition) is 4. The van der Waals surface area contributed by atoms with E-state index in [0.717, 1.165) is 28.4 Å². The Hall–Kier alpha value is -3.89. The highest BCUT2D eigenvalue weighted by atomic mass is 19.4. The highest BCUT2D eigenvalue weighted by molar-refractivity contribution is 6.03. The Morgan fingerprint density at radius 3 is 2.62 bits per heavy atom. The number of anilines is 1. The number of rotatable bonds is 9. The summed E-state index contributed by atoms with van der Waals surface area (Å²) in [6.07, 6.45) is 1.49. The topological polar surface area (TPSA) is 101 Å². The number of halogens is 3. The largest absolute Gasteiger partial charge is 0.435 e. The molecule has 1 aliphatic carbocycles. The molecule has 5 N–H and O–H groups in total. The monoisotopic (exact) mass is 508 g/mol. The van der Waals surface area contributed by atoms with Crippen LogP contribution in [0.1, 0.15) is 51.8 Å². The third kappa shape index (κ3) is 5.76. The molecule has 2 aromatic heterocycles. The molecular weight excluding hydrogens is 481 g/mol. The number of aromatic amines is 1. The first-order chi connectivity index (χ1) is 17.8. The summed E-state index contributed by atoms with van der Waals surface area (Å²) in [5.74, 6) is -0.0346. The molecule has 7 nitrogen and oxygen atoms in total. The maximum absolute atomic E-state index is 13.5. The summed E-state index contributed by atoms with van der Waals surface area (Å²) in [6, 6.07) is 16.6. The number of amides is 1. The van der Waals surface area contributed by atoms with Crippen molar-refractivity contribution in [1.82, 2.24) is 20.1 Å². The van der Waals surface area contributed by atoms with Gasteiger partial charge in [-0.05, 0) is 72.3 Å². The molecule has 10 heteroatoms. The Labute approximate surface area is 211 Å². The van der Waals surface area contributed by atoms with Gasteiger partial charge in [0, 0.05) is 30.7 Å². The molecule has 0 radical (unpaired) electrons. The van der Waals surface area contributed by atoms with Gasteiger partial charge in [0.25, 0.3) is 5.91 Å². The lowest BCUT2D eigenvalue weighted by molar-refractivity contribution is -0.141. The standard InChI is InChI=1S/C27H27F3N6O/c28-27(29,30)24-13-23(36(35-24)22-6-1-3-18(11-22)14-31)26(37)34-21-5-2-4-19(12-21)25(20-9-10-32-16-20)33-15-17-7-8-17/h1-6,9-13,16-17,25,32-33H,7-8,14-15,31H2,(H,34,37). The van der Waals surface area contributed by atoms with E-state index in [0.29, 0.717) is 22.9 Å². The van der Waals surface area contributed by atoms with Crippen molar-refractivity contribution in [2.75, 3.05) is 11.9 Å². The van der Waals surface area contributed by atoms with Crippen LogP contribution in [0.3, 0.4) is 0 Å². The highest BCUT2D eigenvalue weighted by Crippen LogP contribution is 2.32. The van der Waals surface area contributed by atoms with Gasteiger partial charge in [-0.15, -0.1) is 0 Å². The van der Waals surface area contributed by atoms with Crippen LogP contribution < -0.4 is 16.4 Å². The fraction of sp³-hybridized carbons (Fsp3) is 0.259. The molecule has 1 amide bonds. The predicted octanol–water partition coefficient (Wildman–Crippen LogP) is 5.02. The summed E-state index contributed by atoms with van der Waals surface area (Å²) in [5.41, 5.74) is 7.77. The van der Waals surface area contributed by atoms with Gasteiger partial charge >= 0.3 is 6.18 Å². The number of nitrogens with two attached hydrogens (primary N) is 1. The average molecular weight is 509 g/mol. The smallest absolute Gasteiger partial charge is 0.367 e. The summed E-state index contributed by atoms with van der Waals surface area (Å²) in [6.45, 7) is 1.08. The second-order valence-electron chi connectivity index (χ2n) is 9.21. The molecular formula is C27H27F3N6O. The molecule has 1 fully saturated rings. The molecule has 4 aromatic rings. The van der Waals surface area contributed by atoms with E-state index in [1.807, 2.05) is 36.7 Å². The molecule has 1 unspecified atom stereocenters. The van der Waals surface area contributed by atoms with Crippen LogP contribution >= 0.6 is 0 Å². The van der Waals surface area contributed by atoms with E-state index in [4.69, 9.17) is 5.73 Å². The molecule has 2 aromatic carbocycles. The van der Waals surface area contributed by atoms with Crippen molar-refractivity contribution >= 4 is 11.6 Å². The van der Waals surface area contributed by atoms with Crippen LogP contribution in [-0.4, -0.2) is 27.2 Å². The number of aromatic nitrogens is 3. The minimum Gasteiger partial charge on any atom is -0.367 e. The third-order valence-electron chi connectivity index (χ3n) is 6.36. The van der Waals surface area contributed by atoms with Crippen molar-refractivity contribution < 1.29 is 18.0 Å². The number of benzene rings is 2. The minimum absolute atomic E-state index is 0.0925. The van der Waals surface area contributed by atoms with Gasteiger partial charge in [0.15, 0.2) is 5.69 Å². The fourth-order valence-corrected chi connectivity index (χ4v) is 4.24. The SMILES string of the molecule is NCc1cccc(-n2nc(C(F)(F)F)cc2C(=O)Nc2cccc(C(NCC3CC3)c3cc[nH]c3)c2)c1. The van der Waals surface area contributed by atoms with Crippen molar-refractivity contribution in [2.24, 2.45) is 11.7 Å². The quantitative estimate of drug-likeness (QED) is 0.255. The number of nitrogens with one attached hydrogen (secondary N) is 3. The van der Waals surface area contributed by atoms with Crippen molar-refractivity contribution in [2.45, 2.75) is 31.6 Å². The van der Waals surface area contributed by atoms with Crippen LogP contribution in [0.2, 0.25) is 0 Å². The van der Waals surface area contributed by atoms with Crippen molar-refractivity contribution in [3.8, 4) is 5.69 Å². The van der Waals surface area contributed by atoms with Crippen LogP contribution in [0.25, 0.3) is 5.69 Å². The molecule has 1 aliphatic rings. The zero-order chi connectivity index (χ0) is 26.0. The number of nitrogens with zero attached hydrogens (tertiary/aromatic N) is 2. The molecule has 0 saturated heterocycles. The fourth-order valence-electron chi connectivity index (χ4n) is 4.24. The van der Waals surface area contributed by atoms with E-state index in [9.17, 15) is 18.0 Å². The number of carbonyl (C=O) groups is 1. The van der Waals surface area contributed by atoms with Gasteiger partial charge in [0.1, 0.15) is 5.69 Å². The van der Waals surface area contributed by atoms with E-state index in [-0.39, 0.29) is 18.3 Å². The summed E-state index contributed by atoms with van der Waals surface area (Å²) in [5, 5.41) is 10.0. The highest BCUT2D eigenvalue weighted by Gasteiger charge is 2.36. The predicted molar refractivity (Wildman–Crippen MR) is 134 cm³/mol. The second kappa shape index (κ2) is 10.2. The summed E-state index contributed by atoms with van der Waals surface area (Å²) >= 11 is 0. The molecule has 2 heterocycles. The van der Waals surface area contributed by atoms with Gasteiger partial charge in [0.05, 0.1) is 11.7 Å². The Morgan fingerprint density at radius 1 is 1.11 bits per heavy atom. The van der Waals surface area contributed by atoms with Crippen LogP contribution in [0.15, 0.2) is 73.1 Å². The van der Waals surface area contributed by atoms with Gasteiger partial charge in [-0.1, -0.05) is 24.3 Å². The average Bonchev–Trinajstić information content (AvgIpc) is 3.35. The molecule has 37 heavy (non-hydrogen) atoms. The van der Waals surface area contributed by atoms with Crippen LogP contribution in [-0.2, 0) is 12.7 Å². The van der Waals surface area contributed by atoms with Crippen molar-refractivity contribution in [1.29, 1.82) is 0 Å². The number of hydrogen-bond acceptors (Lipinski definition) is 4. The van der Waals surface area contributed by atoms with Crippen LogP contribution in [0.5, 0.6) is 0 Å². The maximum atomic E-state index is 13.5. The van der Waals surface area contributed by atoms with Crippen molar-refractivity contribution in [3.05, 3.63) is 101 Å². The first kappa shape index (κ1) is 24.8. The van der Waals surface area contributed by atoms with Crippen LogP contribution in [0.4, 0.5) is 18.9 Å². The second-order valence-corrected chi connectivity index (χ2v) is 9.21. The normalized spacial score (nSPS) is 14.5. The molecule has 192 valence electrons. The molecule has 1 saturated carbocycles. The van der Waals surface area contributed by atoms with E-state index in [1.54, 1.807) is 30.3 Å². The Balaban J connectivity index is 1.44. The number of H-pyrrole nitrogens is 1. The lowest BCUT2D eigenvalue weighted by Gasteiger charge is -2.19. The third-order valence-corrected chi connectivity index (χ3v) is 6.36. The summed E-state index contributed by atoms with van der Waals surface area (Å²) in [7, 11) is 0. The van der Waals surface area contributed by atoms with Gasteiger partial charge in [-0.3, -0.25) is 4.79 Å². The minimum atomic E-state index is -4.71. The maximum Gasteiger partial charge on any atom is 0.435 e. The first-order valence-electron chi connectivity index (χ1n) is 12.1. The zero-order valence-corrected chi connectivity index (χ0v) is 19.9. The van der Waals surface area contributed by atoms with E-state index >= 15 is 0 Å². The molecule has 0 bridgehead atoms. The Bertz CT molecular complexity index is 1380.